The molecule has 2 amide bonds. The summed E-state index contributed by atoms with van der Waals surface area (Å²) in [4.78, 5) is 28.4. The van der Waals surface area contributed by atoms with Crippen LogP contribution in [0.5, 0.6) is 5.75 Å². The normalized spacial score (nSPS) is 15.6. The molecule has 3 rings (SSSR count). The van der Waals surface area contributed by atoms with Crippen LogP contribution in [0.1, 0.15) is 6.92 Å². The minimum absolute atomic E-state index is 0.148. The molecule has 2 aromatic carbocycles. The van der Waals surface area contributed by atoms with Crippen molar-refractivity contribution in [2.75, 3.05) is 38.0 Å². The second-order valence-electron chi connectivity index (χ2n) is 6.87. The fraction of sp³-hybridized carbons (Fsp3) is 0.333. The maximum atomic E-state index is 13.0. The minimum atomic E-state index is -0.686. The van der Waals surface area contributed by atoms with E-state index < -0.39 is 6.10 Å². The Morgan fingerprint density at radius 1 is 0.966 bits per heavy atom. The Bertz CT molecular complexity index is 835. The molecule has 0 bridgehead atoms. The van der Waals surface area contributed by atoms with E-state index in [4.69, 9.17) is 4.74 Å². The fourth-order valence-electron chi connectivity index (χ4n) is 3.09. The Hall–Kier alpha value is -3.00. The summed E-state index contributed by atoms with van der Waals surface area (Å²) >= 11 is 0. The first-order valence-corrected chi connectivity index (χ1v) is 9.39. The third-order valence-corrected chi connectivity index (χ3v) is 4.65. The highest BCUT2D eigenvalue weighted by Gasteiger charge is 2.26. The van der Waals surface area contributed by atoms with Gasteiger partial charge in [0.15, 0.2) is 6.10 Å². The van der Waals surface area contributed by atoms with Gasteiger partial charge in [-0.1, -0.05) is 0 Å². The second kappa shape index (κ2) is 9.47. The zero-order valence-electron chi connectivity index (χ0n) is 16.1. The number of piperazine rings is 1. The monoisotopic (exact) mass is 403 g/mol. The first-order valence-electron chi connectivity index (χ1n) is 9.39. The number of benzene rings is 2. The summed E-state index contributed by atoms with van der Waals surface area (Å²) < 4.78 is 31.5. The summed E-state index contributed by atoms with van der Waals surface area (Å²) in [6.07, 6.45) is -0.686. The highest BCUT2D eigenvalue weighted by Crippen LogP contribution is 2.15. The molecule has 2 aromatic rings. The first kappa shape index (κ1) is 20.7. The number of anilines is 1. The maximum Gasteiger partial charge on any atom is 0.263 e. The van der Waals surface area contributed by atoms with Crippen LogP contribution in [0.25, 0.3) is 0 Å². The van der Waals surface area contributed by atoms with Gasteiger partial charge in [0.2, 0.25) is 5.91 Å². The van der Waals surface area contributed by atoms with Crippen LogP contribution in [0.15, 0.2) is 48.5 Å². The van der Waals surface area contributed by atoms with Gasteiger partial charge < -0.3 is 15.0 Å². The standard InChI is InChI=1S/C21H23F2N3O3/c1-15(29-19-8-4-17(23)5-9-19)21(28)26-12-10-25(11-13-26)14-20(27)24-18-6-2-16(22)3-7-18/h2-9,15H,10-14H2,1H3,(H,24,27)/t15-/m1/s1. The Morgan fingerprint density at radius 2 is 1.52 bits per heavy atom. The third-order valence-electron chi connectivity index (χ3n) is 4.65. The van der Waals surface area contributed by atoms with Crippen molar-refractivity contribution in [3.8, 4) is 5.75 Å². The van der Waals surface area contributed by atoms with Crippen molar-refractivity contribution in [3.63, 3.8) is 0 Å². The van der Waals surface area contributed by atoms with E-state index in [-0.39, 0.29) is 30.0 Å². The van der Waals surface area contributed by atoms with Crippen LogP contribution in [-0.2, 0) is 9.59 Å². The summed E-state index contributed by atoms with van der Waals surface area (Å²) in [6.45, 7) is 3.95. The van der Waals surface area contributed by atoms with Gasteiger partial charge >= 0.3 is 0 Å². The van der Waals surface area contributed by atoms with Gasteiger partial charge in [-0.25, -0.2) is 8.78 Å². The molecule has 29 heavy (non-hydrogen) atoms. The third kappa shape index (κ3) is 5.99. The van der Waals surface area contributed by atoms with Crippen molar-refractivity contribution in [2.24, 2.45) is 0 Å². The molecule has 6 nitrogen and oxygen atoms in total. The van der Waals surface area contributed by atoms with Crippen LogP contribution in [0.4, 0.5) is 14.5 Å². The number of carbonyl (C=O) groups excluding carboxylic acids is 2. The molecule has 154 valence electrons. The van der Waals surface area contributed by atoms with Gasteiger partial charge in [-0.05, 0) is 55.5 Å². The number of carbonyl (C=O) groups is 2. The number of halogens is 2. The van der Waals surface area contributed by atoms with Gasteiger partial charge in [-0.3, -0.25) is 14.5 Å². The van der Waals surface area contributed by atoms with Crippen molar-refractivity contribution in [1.82, 2.24) is 9.80 Å². The second-order valence-corrected chi connectivity index (χ2v) is 6.87. The van der Waals surface area contributed by atoms with E-state index >= 15 is 0 Å². The zero-order valence-corrected chi connectivity index (χ0v) is 16.1. The van der Waals surface area contributed by atoms with E-state index in [2.05, 4.69) is 5.32 Å². The van der Waals surface area contributed by atoms with Crippen molar-refractivity contribution in [3.05, 3.63) is 60.2 Å². The summed E-state index contributed by atoms with van der Waals surface area (Å²) in [7, 11) is 0. The molecule has 1 aliphatic rings. The number of nitrogens with one attached hydrogen (secondary N) is 1. The summed E-state index contributed by atoms with van der Waals surface area (Å²) in [6, 6.07) is 11.1. The minimum Gasteiger partial charge on any atom is -0.481 e. The molecule has 0 unspecified atom stereocenters. The highest BCUT2D eigenvalue weighted by atomic mass is 19.1. The van der Waals surface area contributed by atoms with Crippen molar-refractivity contribution in [2.45, 2.75) is 13.0 Å². The molecule has 0 aliphatic carbocycles. The Kier molecular flexibility index (Phi) is 6.77. The van der Waals surface area contributed by atoms with E-state index in [0.717, 1.165) is 0 Å². The van der Waals surface area contributed by atoms with Gasteiger partial charge in [-0.15, -0.1) is 0 Å². The van der Waals surface area contributed by atoms with Crippen LogP contribution >= 0.6 is 0 Å². The molecule has 1 heterocycles. The molecule has 0 aromatic heterocycles. The van der Waals surface area contributed by atoms with E-state index in [1.54, 1.807) is 11.8 Å². The van der Waals surface area contributed by atoms with Crippen LogP contribution < -0.4 is 10.1 Å². The van der Waals surface area contributed by atoms with E-state index in [0.29, 0.717) is 37.6 Å². The molecule has 8 heteroatoms. The molecule has 1 saturated heterocycles. The predicted octanol–water partition coefficient (Wildman–Crippen LogP) is 2.52. The number of amides is 2. The molecular formula is C21H23F2N3O3. The van der Waals surface area contributed by atoms with Gasteiger partial charge in [0, 0.05) is 31.9 Å². The topological polar surface area (TPSA) is 61.9 Å². The van der Waals surface area contributed by atoms with Crippen molar-refractivity contribution < 1.29 is 23.1 Å². The average molecular weight is 403 g/mol. The lowest BCUT2D eigenvalue weighted by atomic mass is 10.2. The quantitative estimate of drug-likeness (QED) is 0.805. The number of hydrogen-bond acceptors (Lipinski definition) is 4. The predicted molar refractivity (Wildman–Crippen MR) is 105 cm³/mol. The molecule has 0 spiro atoms. The van der Waals surface area contributed by atoms with Crippen molar-refractivity contribution in [1.29, 1.82) is 0 Å². The number of nitrogens with zero attached hydrogens (tertiary/aromatic N) is 2. The van der Waals surface area contributed by atoms with E-state index in [1.807, 2.05) is 4.90 Å². The van der Waals surface area contributed by atoms with E-state index in [1.165, 1.54) is 48.5 Å². The number of rotatable bonds is 6. The average Bonchev–Trinajstić information content (AvgIpc) is 2.71. The largest absolute Gasteiger partial charge is 0.481 e. The first-order chi connectivity index (χ1) is 13.9. The van der Waals surface area contributed by atoms with Crippen LogP contribution in [0, 0.1) is 11.6 Å². The van der Waals surface area contributed by atoms with Crippen LogP contribution in [0.2, 0.25) is 0 Å². The lowest BCUT2D eigenvalue weighted by Crippen LogP contribution is -2.53. The van der Waals surface area contributed by atoms with E-state index in [9.17, 15) is 18.4 Å². The maximum absolute atomic E-state index is 13.0. The summed E-state index contributed by atoms with van der Waals surface area (Å²) in [5.74, 6) is -0.630. The molecule has 1 fully saturated rings. The zero-order chi connectivity index (χ0) is 20.8. The number of hydrogen-bond donors (Lipinski definition) is 1. The Morgan fingerprint density at radius 3 is 2.10 bits per heavy atom. The lowest BCUT2D eigenvalue weighted by Gasteiger charge is -2.35. The summed E-state index contributed by atoms with van der Waals surface area (Å²) in [5, 5.41) is 2.73. The number of ether oxygens (including phenoxy) is 1. The molecule has 0 saturated carbocycles. The highest BCUT2D eigenvalue weighted by molar-refractivity contribution is 5.92. The van der Waals surface area contributed by atoms with Gasteiger partial charge in [0.1, 0.15) is 17.4 Å². The Balaban J connectivity index is 1.43. The molecule has 1 N–H and O–H groups in total. The van der Waals surface area contributed by atoms with Gasteiger partial charge in [0.25, 0.3) is 5.91 Å². The molecule has 1 atom stereocenters. The van der Waals surface area contributed by atoms with Gasteiger partial charge in [0.05, 0.1) is 6.54 Å². The molecule has 1 aliphatic heterocycles. The fourth-order valence-corrected chi connectivity index (χ4v) is 3.09. The molecule has 0 radical (unpaired) electrons. The smallest absolute Gasteiger partial charge is 0.263 e. The molecular weight excluding hydrogens is 380 g/mol. The van der Waals surface area contributed by atoms with Crippen molar-refractivity contribution >= 4 is 17.5 Å². The Labute approximate surface area is 168 Å². The summed E-state index contributed by atoms with van der Waals surface area (Å²) in [5.41, 5.74) is 0.539. The SMILES string of the molecule is C[C@@H](Oc1ccc(F)cc1)C(=O)N1CCN(CC(=O)Nc2ccc(F)cc2)CC1. The lowest BCUT2D eigenvalue weighted by molar-refractivity contribution is -0.139. The van der Waals surface area contributed by atoms with Crippen LogP contribution in [0.3, 0.4) is 0 Å². The van der Waals surface area contributed by atoms with Gasteiger partial charge in [-0.2, -0.15) is 0 Å². The van der Waals surface area contributed by atoms with Crippen LogP contribution in [-0.4, -0.2) is 60.4 Å².